The summed E-state index contributed by atoms with van der Waals surface area (Å²) in [4.78, 5) is 34.7. The summed E-state index contributed by atoms with van der Waals surface area (Å²) >= 11 is 0. The molecule has 0 aliphatic carbocycles. The Balaban J connectivity index is 1.85. The van der Waals surface area contributed by atoms with Crippen LogP contribution in [0.4, 0.5) is 5.69 Å². The van der Waals surface area contributed by atoms with Gasteiger partial charge in [-0.1, -0.05) is 23.8 Å². The first kappa shape index (κ1) is 16.4. The van der Waals surface area contributed by atoms with Gasteiger partial charge in [0.25, 0.3) is 5.69 Å². The third kappa shape index (κ3) is 3.40. The number of esters is 1. The Kier molecular flexibility index (Phi) is 4.30. The first-order valence-corrected chi connectivity index (χ1v) is 7.39. The third-order valence-corrected chi connectivity index (χ3v) is 3.63. The highest BCUT2D eigenvalue weighted by Crippen LogP contribution is 2.20. The van der Waals surface area contributed by atoms with E-state index in [1.807, 2.05) is 6.92 Å². The van der Waals surface area contributed by atoms with Crippen LogP contribution in [0.5, 0.6) is 0 Å². The lowest BCUT2D eigenvalue weighted by Gasteiger charge is -2.06. The van der Waals surface area contributed by atoms with Gasteiger partial charge in [-0.3, -0.25) is 14.9 Å². The number of aryl methyl sites for hydroxylation is 1. The average molecular weight is 339 g/mol. The number of nitro groups is 1. The maximum atomic E-state index is 12.1. The summed E-state index contributed by atoms with van der Waals surface area (Å²) in [6.07, 6.45) is 0. The van der Waals surface area contributed by atoms with Crippen LogP contribution in [-0.2, 0) is 11.3 Å². The molecular formula is C18H13NO6. The number of benzene rings is 2. The van der Waals surface area contributed by atoms with Crippen LogP contribution in [0.15, 0.2) is 57.7 Å². The van der Waals surface area contributed by atoms with Crippen LogP contribution in [0.3, 0.4) is 0 Å². The lowest BCUT2D eigenvalue weighted by atomic mass is 10.1. The van der Waals surface area contributed by atoms with E-state index < -0.39 is 10.9 Å². The second-order valence-electron chi connectivity index (χ2n) is 5.44. The summed E-state index contributed by atoms with van der Waals surface area (Å²) in [5, 5.41) is 11.3. The van der Waals surface area contributed by atoms with Crippen LogP contribution >= 0.6 is 0 Å². The van der Waals surface area contributed by atoms with Gasteiger partial charge in [0.1, 0.15) is 12.2 Å². The number of hydrogen-bond donors (Lipinski definition) is 0. The molecule has 0 fully saturated rings. The number of nitrogens with zero attached hydrogens (tertiary/aromatic N) is 1. The zero-order valence-electron chi connectivity index (χ0n) is 13.2. The van der Waals surface area contributed by atoms with E-state index in [0.717, 1.165) is 11.6 Å². The van der Waals surface area contributed by atoms with E-state index in [2.05, 4.69) is 0 Å². The van der Waals surface area contributed by atoms with Crippen molar-refractivity contribution in [1.29, 1.82) is 0 Å². The quantitative estimate of drug-likeness (QED) is 0.410. The van der Waals surface area contributed by atoms with Crippen LogP contribution in [0.2, 0.25) is 0 Å². The first-order chi connectivity index (χ1) is 12.0. The van der Waals surface area contributed by atoms with Crippen molar-refractivity contribution in [1.82, 2.24) is 0 Å². The van der Waals surface area contributed by atoms with Gasteiger partial charge < -0.3 is 9.15 Å². The molecule has 0 saturated carbocycles. The SMILES string of the molecule is Cc1ccc2oc(C(=O)OCc3ccccc3[N+](=O)[O-])cc(=O)c2c1. The van der Waals surface area contributed by atoms with Gasteiger partial charge in [0.2, 0.25) is 5.76 Å². The Morgan fingerprint density at radius 2 is 1.96 bits per heavy atom. The molecule has 0 saturated heterocycles. The van der Waals surface area contributed by atoms with E-state index in [-0.39, 0.29) is 34.6 Å². The van der Waals surface area contributed by atoms with Gasteiger partial charge in [0.05, 0.1) is 15.9 Å². The Labute approximate surface area is 141 Å². The van der Waals surface area contributed by atoms with Gasteiger partial charge in [-0.05, 0) is 25.1 Å². The minimum atomic E-state index is -0.863. The molecule has 0 aliphatic rings. The molecule has 0 aliphatic heterocycles. The Morgan fingerprint density at radius 3 is 2.72 bits per heavy atom. The molecular weight excluding hydrogens is 326 g/mol. The lowest BCUT2D eigenvalue weighted by Crippen LogP contribution is -2.10. The molecule has 1 heterocycles. The van der Waals surface area contributed by atoms with E-state index >= 15 is 0 Å². The van der Waals surface area contributed by atoms with Gasteiger partial charge in [0, 0.05) is 12.1 Å². The first-order valence-electron chi connectivity index (χ1n) is 7.39. The zero-order chi connectivity index (χ0) is 18.0. The van der Waals surface area contributed by atoms with Crippen LogP contribution < -0.4 is 5.43 Å². The van der Waals surface area contributed by atoms with Crippen LogP contribution in [0, 0.1) is 17.0 Å². The van der Waals surface area contributed by atoms with E-state index in [1.165, 1.54) is 18.2 Å². The molecule has 0 N–H and O–H groups in total. The highest BCUT2D eigenvalue weighted by molar-refractivity contribution is 5.89. The van der Waals surface area contributed by atoms with Gasteiger partial charge in [0.15, 0.2) is 5.43 Å². The number of fused-ring (bicyclic) bond motifs is 1. The summed E-state index contributed by atoms with van der Waals surface area (Å²) < 4.78 is 10.5. The molecule has 25 heavy (non-hydrogen) atoms. The minimum Gasteiger partial charge on any atom is -0.455 e. The van der Waals surface area contributed by atoms with E-state index in [1.54, 1.807) is 24.3 Å². The molecule has 0 radical (unpaired) electrons. The van der Waals surface area contributed by atoms with Crippen molar-refractivity contribution in [3.05, 3.63) is 85.8 Å². The average Bonchev–Trinajstić information content (AvgIpc) is 2.60. The molecule has 7 nitrogen and oxygen atoms in total. The number of carbonyl (C=O) groups excluding carboxylic acids is 1. The summed E-state index contributed by atoms with van der Waals surface area (Å²) in [5.74, 6) is -1.11. The fraction of sp³-hybridized carbons (Fsp3) is 0.111. The zero-order valence-corrected chi connectivity index (χ0v) is 13.2. The summed E-state index contributed by atoms with van der Waals surface area (Å²) in [7, 11) is 0. The van der Waals surface area contributed by atoms with Crippen LogP contribution in [0.1, 0.15) is 21.7 Å². The second kappa shape index (κ2) is 6.56. The summed E-state index contributed by atoms with van der Waals surface area (Å²) in [5.41, 5.74) is 0.912. The van der Waals surface area contributed by atoms with Crippen molar-refractivity contribution in [2.75, 3.05) is 0 Å². The molecule has 3 aromatic rings. The topological polar surface area (TPSA) is 99.7 Å². The third-order valence-electron chi connectivity index (χ3n) is 3.63. The van der Waals surface area contributed by atoms with Gasteiger partial charge in [-0.25, -0.2) is 4.79 Å². The van der Waals surface area contributed by atoms with Crippen molar-refractivity contribution < 1.29 is 18.9 Å². The Morgan fingerprint density at radius 1 is 1.20 bits per heavy atom. The monoisotopic (exact) mass is 339 g/mol. The number of para-hydroxylation sites is 1. The van der Waals surface area contributed by atoms with E-state index in [4.69, 9.17) is 9.15 Å². The molecule has 0 atom stereocenters. The van der Waals surface area contributed by atoms with Crippen molar-refractivity contribution in [2.45, 2.75) is 13.5 Å². The summed E-state index contributed by atoms with van der Waals surface area (Å²) in [6, 6.07) is 12.0. The predicted molar refractivity (Wildman–Crippen MR) is 89.4 cm³/mol. The largest absolute Gasteiger partial charge is 0.455 e. The van der Waals surface area contributed by atoms with Crippen molar-refractivity contribution in [2.24, 2.45) is 0 Å². The van der Waals surface area contributed by atoms with Gasteiger partial charge in [-0.15, -0.1) is 0 Å². The maximum absolute atomic E-state index is 12.1. The second-order valence-corrected chi connectivity index (χ2v) is 5.44. The molecule has 0 spiro atoms. The smallest absolute Gasteiger partial charge is 0.374 e. The summed E-state index contributed by atoms with van der Waals surface area (Å²) in [6.45, 7) is 1.54. The molecule has 0 amide bonds. The Bertz CT molecular complexity index is 1040. The molecule has 126 valence electrons. The Hall–Kier alpha value is -3.48. The highest BCUT2D eigenvalue weighted by Gasteiger charge is 2.17. The van der Waals surface area contributed by atoms with E-state index in [0.29, 0.717) is 5.39 Å². The van der Waals surface area contributed by atoms with E-state index in [9.17, 15) is 19.7 Å². The number of hydrogen-bond acceptors (Lipinski definition) is 6. The number of nitro benzene ring substituents is 1. The van der Waals surface area contributed by atoms with Gasteiger partial charge in [-0.2, -0.15) is 0 Å². The molecule has 2 aromatic carbocycles. The molecule has 0 bridgehead atoms. The minimum absolute atomic E-state index is 0.147. The fourth-order valence-electron chi connectivity index (χ4n) is 2.40. The molecule has 3 rings (SSSR count). The molecule has 1 aromatic heterocycles. The van der Waals surface area contributed by atoms with Crippen molar-refractivity contribution in [3.63, 3.8) is 0 Å². The van der Waals surface area contributed by atoms with Crippen molar-refractivity contribution in [3.8, 4) is 0 Å². The number of ether oxygens (including phenoxy) is 1. The van der Waals surface area contributed by atoms with Crippen LogP contribution in [-0.4, -0.2) is 10.9 Å². The normalized spacial score (nSPS) is 10.6. The highest BCUT2D eigenvalue weighted by atomic mass is 16.6. The fourth-order valence-corrected chi connectivity index (χ4v) is 2.40. The molecule has 7 heteroatoms. The lowest BCUT2D eigenvalue weighted by molar-refractivity contribution is -0.385. The molecule has 0 unspecified atom stereocenters. The number of rotatable bonds is 4. The maximum Gasteiger partial charge on any atom is 0.374 e. The van der Waals surface area contributed by atoms with Crippen molar-refractivity contribution >= 4 is 22.6 Å². The van der Waals surface area contributed by atoms with Crippen LogP contribution in [0.25, 0.3) is 11.0 Å². The predicted octanol–water partition coefficient (Wildman–Crippen LogP) is 3.37. The number of carbonyl (C=O) groups is 1. The standard InChI is InChI=1S/C18H13NO6/c1-11-6-7-16-13(8-11)15(20)9-17(25-16)18(21)24-10-12-4-2-3-5-14(12)19(22)23/h2-9H,10H2,1H3. The van der Waals surface area contributed by atoms with Gasteiger partial charge >= 0.3 is 5.97 Å².